The number of alkyl halides is 3. The van der Waals surface area contributed by atoms with E-state index in [1.165, 1.54) is 18.2 Å². The smallest absolute Gasteiger partial charge is 0.369 e. The Labute approximate surface area is 180 Å². The van der Waals surface area contributed by atoms with E-state index >= 15 is 0 Å². The Hall–Kier alpha value is -2.95. The number of rotatable bonds is 5. The molecule has 0 saturated carbocycles. The predicted octanol–water partition coefficient (Wildman–Crippen LogP) is 3.69. The van der Waals surface area contributed by atoms with Crippen LogP contribution in [0.3, 0.4) is 0 Å². The second kappa shape index (κ2) is 8.29. The molecule has 31 heavy (non-hydrogen) atoms. The Morgan fingerprint density at radius 2 is 1.74 bits per heavy atom. The van der Waals surface area contributed by atoms with Crippen molar-refractivity contribution in [2.75, 3.05) is 0 Å². The van der Waals surface area contributed by atoms with Gasteiger partial charge < -0.3 is 5.73 Å². The van der Waals surface area contributed by atoms with Crippen LogP contribution in [-0.4, -0.2) is 19.3 Å². The van der Waals surface area contributed by atoms with Gasteiger partial charge in [-0.2, -0.15) is 13.2 Å². The molecule has 1 heterocycles. The summed E-state index contributed by atoms with van der Waals surface area (Å²) < 4.78 is 63.7. The van der Waals surface area contributed by atoms with Crippen LogP contribution in [0.15, 0.2) is 65.8 Å². The van der Waals surface area contributed by atoms with Gasteiger partial charge in [-0.15, -0.1) is 0 Å². The molecule has 1 atom stereocenters. The van der Waals surface area contributed by atoms with Gasteiger partial charge in [0, 0.05) is 28.5 Å². The normalized spacial score (nSPS) is 13.1. The number of pyridine rings is 1. The first-order valence-electron chi connectivity index (χ1n) is 8.62. The first-order chi connectivity index (χ1) is 14.4. The first-order valence-corrected chi connectivity index (χ1v) is 10.5. The number of hydrogen-bond acceptors (Lipinski definition) is 4. The third-order valence-corrected chi connectivity index (χ3v) is 5.82. The van der Waals surface area contributed by atoms with Crippen LogP contribution >= 0.6 is 11.6 Å². The molecule has 3 aromatic rings. The molecular weight excluding hydrogens is 455 g/mol. The summed E-state index contributed by atoms with van der Waals surface area (Å²) in [5, 5.41) is 5.55. The number of primary sulfonamides is 1. The SMILES string of the molecule is NC(=O)C(c1ccc(-c2cncc(C(F)(F)F)c2)c(S(N)(=O)=O)c1)c1ccccc1Cl. The number of primary amides is 1. The average Bonchev–Trinajstić information content (AvgIpc) is 2.68. The fourth-order valence-corrected chi connectivity index (χ4v) is 4.18. The molecule has 3 rings (SSSR count). The Morgan fingerprint density at radius 3 is 2.32 bits per heavy atom. The lowest BCUT2D eigenvalue weighted by Gasteiger charge is -2.18. The molecule has 0 fully saturated rings. The summed E-state index contributed by atoms with van der Waals surface area (Å²) in [5.41, 5.74) is 4.76. The summed E-state index contributed by atoms with van der Waals surface area (Å²) in [7, 11) is -4.40. The zero-order valence-corrected chi connectivity index (χ0v) is 17.2. The van der Waals surface area contributed by atoms with Crippen LogP contribution in [0.2, 0.25) is 5.02 Å². The zero-order chi connectivity index (χ0) is 23.0. The Bertz CT molecular complexity index is 1260. The minimum atomic E-state index is -4.67. The van der Waals surface area contributed by atoms with Gasteiger partial charge in [-0.3, -0.25) is 9.78 Å². The number of hydrogen-bond donors (Lipinski definition) is 2. The van der Waals surface area contributed by atoms with Crippen LogP contribution in [0.1, 0.15) is 22.6 Å². The molecule has 0 aliphatic heterocycles. The molecule has 1 aromatic heterocycles. The van der Waals surface area contributed by atoms with Gasteiger partial charge in [-0.25, -0.2) is 13.6 Å². The molecule has 0 spiro atoms. The van der Waals surface area contributed by atoms with Crippen LogP contribution in [0, 0.1) is 0 Å². The van der Waals surface area contributed by atoms with E-state index in [9.17, 15) is 26.4 Å². The van der Waals surface area contributed by atoms with E-state index in [1.54, 1.807) is 18.2 Å². The lowest BCUT2D eigenvalue weighted by atomic mass is 9.89. The molecular formula is C20H15ClF3N3O3S. The molecule has 0 aliphatic carbocycles. The molecule has 2 aromatic carbocycles. The Balaban J connectivity index is 2.23. The van der Waals surface area contributed by atoms with E-state index in [1.807, 2.05) is 0 Å². The minimum absolute atomic E-state index is 0.104. The fourth-order valence-electron chi connectivity index (χ4n) is 3.14. The summed E-state index contributed by atoms with van der Waals surface area (Å²) in [4.78, 5) is 15.2. The van der Waals surface area contributed by atoms with E-state index < -0.39 is 38.5 Å². The Morgan fingerprint density at radius 1 is 1.06 bits per heavy atom. The maximum Gasteiger partial charge on any atom is 0.417 e. The van der Waals surface area contributed by atoms with Crippen LogP contribution in [-0.2, 0) is 21.0 Å². The number of halogens is 4. The number of amides is 1. The summed E-state index contributed by atoms with van der Waals surface area (Å²) in [6.45, 7) is 0. The van der Waals surface area contributed by atoms with E-state index in [0.717, 1.165) is 18.3 Å². The van der Waals surface area contributed by atoms with Crippen molar-refractivity contribution in [2.45, 2.75) is 17.0 Å². The topological polar surface area (TPSA) is 116 Å². The number of carbonyl (C=O) groups excluding carboxylic acids is 1. The van der Waals surface area contributed by atoms with Crippen LogP contribution < -0.4 is 10.9 Å². The highest BCUT2D eigenvalue weighted by molar-refractivity contribution is 7.89. The van der Waals surface area contributed by atoms with Gasteiger partial charge in [-0.05, 0) is 29.3 Å². The molecule has 0 bridgehead atoms. The van der Waals surface area contributed by atoms with Crippen molar-refractivity contribution in [2.24, 2.45) is 10.9 Å². The quantitative estimate of drug-likeness (QED) is 0.592. The second-order valence-electron chi connectivity index (χ2n) is 6.62. The number of nitrogens with two attached hydrogens (primary N) is 2. The molecule has 0 radical (unpaired) electrons. The van der Waals surface area contributed by atoms with E-state index in [-0.39, 0.29) is 21.7 Å². The van der Waals surface area contributed by atoms with Crippen molar-refractivity contribution in [1.29, 1.82) is 0 Å². The highest BCUT2D eigenvalue weighted by Gasteiger charge is 2.32. The summed E-state index contributed by atoms with van der Waals surface area (Å²) in [6.07, 6.45) is -2.97. The third kappa shape index (κ3) is 4.87. The molecule has 1 unspecified atom stereocenters. The van der Waals surface area contributed by atoms with Gasteiger partial charge in [-0.1, -0.05) is 41.9 Å². The molecule has 0 aliphatic rings. The molecule has 11 heteroatoms. The molecule has 4 N–H and O–H groups in total. The summed E-state index contributed by atoms with van der Waals surface area (Å²) >= 11 is 6.16. The number of nitrogens with zero attached hydrogens (tertiary/aromatic N) is 1. The van der Waals surface area contributed by atoms with E-state index in [2.05, 4.69) is 4.98 Å². The average molecular weight is 470 g/mol. The number of sulfonamides is 1. The maximum absolute atomic E-state index is 13.1. The minimum Gasteiger partial charge on any atom is -0.369 e. The van der Waals surface area contributed by atoms with Crippen molar-refractivity contribution in [3.63, 3.8) is 0 Å². The molecule has 162 valence electrons. The van der Waals surface area contributed by atoms with Gasteiger partial charge in [0.15, 0.2) is 0 Å². The highest BCUT2D eigenvalue weighted by Crippen LogP contribution is 2.36. The van der Waals surface area contributed by atoms with Crippen LogP contribution in [0.4, 0.5) is 13.2 Å². The predicted molar refractivity (Wildman–Crippen MR) is 109 cm³/mol. The lowest BCUT2D eigenvalue weighted by Crippen LogP contribution is -2.23. The molecule has 6 nitrogen and oxygen atoms in total. The zero-order valence-electron chi connectivity index (χ0n) is 15.6. The standard InChI is InChI=1S/C20H15ClF3N3O3S/c21-16-4-2-1-3-15(16)18(19(25)28)11-5-6-14(17(8-11)31(26,29)30)12-7-13(10-27-9-12)20(22,23)24/h1-10,18H,(H2,25,28)(H2,26,29,30). The second-order valence-corrected chi connectivity index (χ2v) is 8.55. The Kier molecular flexibility index (Phi) is 6.08. The van der Waals surface area contributed by atoms with Gasteiger partial charge in [0.25, 0.3) is 0 Å². The molecule has 1 amide bonds. The monoisotopic (exact) mass is 469 g/mol. The highest BCUT2D eigenvalue weighted by atomic mass is 35.5. The first kappa shape index (κ1) is 22.7. The van der Waals surface area contributed by atoms with E-state index in [0.29, 0.717) is 11.8 Å². The number of aromatic nitrogens is 1. The summed E-state index contributed by atoms with van der Waals surface area (Å²) in [5.74, 6) is -1.91. The van der Waals surface area contributed by atoms with E-state index in [4.69, 9.17) is 22.5 Å². The number of benzene rings is 2. The van der Waals surface area contributed by atoms with Crippen LogP contribution in [0.25, 0.3) is 11.1 Å². The van der Waals surface area contributed by atoms with Crippen molar-refractivity contribution in [1.82, 2.24) is 4.98 Å². The van der Waals surface area contributed by atoms with Crippen molar-refractivity contribution in [3.8, 4) is 11.1 Å². The van der Waals surface area contributed by atoms with Gasteiger partial charge in [0.1, 0.15) is 0 Å². The van der Waals surface area contributed by atoms with Gasteiger partial charge in [0.05, 0.1) is 16.4 Å². The van der Waals surface area contributed by atoms with Crippen molar-refractivity contribution >= 4 is 27.5 Å². The largest absolute Gasteiger partial charge is 0.417 e. The van der Waals surface area contributed by atoms with Crippen molar-refractivity contribution in [3.05, 3.63) is 82.6 Å². The van der Waals surface area contributed by atoms with Crippen molar-refractivity contribution < 1.29 is 26.4 Å². The number of carbonyl (C=O) groups is 1. The third-order valence-electron chi connectivity index (χ3n) is 4.52. The fraction of sp³-hybridized carbons (Fsp3) is 0.100. The summed E-state index contributed by atoms with van der Waals surface area (Å²) in [6, 6.07) is 10.8. The van der Waals surface area contributed by atoms with Crippen LogP contribution in [0.5, 0.6) is 0 Å². The maximum atomic E-state index is 13.1. The van der Waals surface area contributed by atoms with Gasteiger partial charge >= 0.3 is 6.18 Å². The lowest BCUT2D eigenvalue weighted by molar-refractivity contribution is -0.137. The van der Waals surface area contributed by atoms with Gasteiger partial charge in [0.2, 0.25) is 15.9 Å². The molecule has 0 saturated heterocycles.